The first-order valence-corrected chi connectivity index (χ1v) is 12.2. The van der Waals surface area contributed by atoms with Crippen molar-refractivity contribution in [2.45, 2.75) is 32.4 Å². The molecule has 0 aliphatic carbocycles. The smallest absolute Gasteiger partial charge is 0.267 e. The molecule has 7 nitrogen and oxygen atoms in total. The molecule has 0 fully saturated rings. The molecule has 1 aromatic carbocycles. The molecule has 4 aromatic heterocycles. The number of fused-ring (bicyclic) bond motifs is 2. The van der Waals surface area contributed by atoms with E-state index in [0.29, 0.717) is 5.92 Å². The first kappa shape index (κ1) is 23.5. The number of hydrogen-bond donors (Lipinski definition) is 2. The lowest BCUT2D eigenvalue weighted by Crippen LogP contribution is -2.14. The van der Waals surface area contributed by atoms with Gasteiger partial charge in [0.25, 0.3) is 5.91 Å². The molecular formula is C29H29N5O2. The summed E-state index contributed by atoms with van der Waals surface area (Å²) in [6.45, 7) is 1.82. The maximum Gasteiger partial charge on any atom is 0.267 e. The predicted molar refractivity (Wildman–Crippen MR) is 141 cm³/mol. The van der Waals surface area contributed by atoms with Crippen molar-refractivity contribution in [3.05, 3.63) is 103 Å². The van der Waals surface area contributed by atoms with Gasteiger partial charge < -0.3 is 9.13 Å². The molecule has 0 unspecified atom stereocenters. The van der Waals surface area contributed by atoms with Gasteiger partial charge in [-0.3, -0.25) is 10.0 Å². The Morgan fingerprint density at radius 2 is 1.44 bits per heavy atom. The molecule has 0 aliphatic rings. The first-order valence-electron chi connectivity index (χ1n) is 12.2. The van der Waals surface area contributed by atoms with Gasteiger partial charge in [-0.15, -0.1) is 0 Å². The van der Waals surface area contributed by atoms with E-state index in [1.807, 2.05) is 36.7 Å². The van der Waals surface area contributed by atoms with Crippen molar-refractivity contribution in [1.82, 2.24) is 24.6 Å². The number of nitrogens with one attached hydrogen (secondary N) is 1. The molecule has 2 N–H and O–H groups in total. The van der Waals surface area contributed by atoms with Gasteiger partial charge in [0.05, 0.1) is 0 Å². The molecule has 5 rings (SSSR count). The molecule has 182 valence electrons. The Balaban J connectivity index is 1.30. The Labute approximate surface area is 209 Å². The second kappa shape index (κ2) is 11.0. The summed E-state index contributed by atoms with van der Waals surface area (Å²) in [6.07, 6.45) is 14.0. The van der Waals surface area contributed by atoms with Gasteiger partial charge in [0.15, 0.2) is 0 Å². The van der Waals surface area contributed by atoms with Gasteiger partial charge in [0, 0.05) is 54.7 Å². The van der Waals surface area contributed by atoms with Crippen LogP contribution in [0, 0.1) is 5.92 Å². The van der Waals surface area contributed by atoms with Crippen molar-refractivity contribution in [2.24, 2.45) is 5.92 Å². The quantitative estimate of drug-likeness (QED) is 0.163. The number of carbonyl (C=O) groups is 1. The predicted octanol–water partition coefficient (Wildman–Crippen LogP) is 5.24. The lowest BCUT2D eigenvalue weighted by molar-refractivity contribution is -0.124. The van der Waals surface area contributed by atoms with E-state index < -0.39 is 5.91 Å². The highest BCUT2D eigenvalue weighted by Gasteiger charge is 2.13. The van der Waals surface area contributed by atoms with Gasteiger partial charge in [-0.05, 0) is 78.8 Å². The third-order valence-corrected chi connectivity index (χ3v) is 6.64. The van der Waals surface area contributed by atoms with Crippen molar-refractivity contribution in [1.29, 1.82) is 0 Å². The number of pyridine rings is 2. The largest absolute Gasteiger partial charge is 0.333 e. The molecule has 0 saturated heterocycles. The van der Waals surface area contributed by atoms with E-state index in [1.165, 1.54) is 11.6 Å². The zero-order chi connectivity index (χ0) is 24.7. The normalized spacial score (nSPS) is 11.7. The highest BCUT2D eigenvalue weighted by molar-refractivity contribution is 5.90. The van der Waals surface area contributed by atoms with Gasteiger partial charge >= 0.3 is 0 Å². The molecule has 1 amide bonds. The van der Waals surface area contributed by atoms with Crippen LogP contribution in [0.3, 0.4) is 0 Å². The fourth-order valence-corrected chi connectivity index (χ4v) is 4.70. The van der Waals surface area contributed by atoms with Crippen LogP contribution >= 0.6 is 0 Å². The van der Waals surface area contributed by atoms with Crippen LogP contribution in [-0.4, -0.2) is 30.2 Å². The first-order chi connectivity index (χ1) is 17.7. The van der Waals surface area contributed by atoms with Crippen molar-refractivity contribution >= 4 is 34.1 Å². The lowest BCUT2D eigenvalue weighted by atomic mass is 9.92. The average molecular weight is 480 g/mol. The van der Waals surface area contributed by atoms with Crippen molar-refractivity contribution < 1.29 is 10.0 Å². The fraction of sp³-hybridized carbons (Fsp3) is 0.207. The maximum absolute atomic E-state index is 11.2. The number of benzene rings is 1. The van der Waals surface area contributed by atoms with E-state index in [4.69, 9.17) is 5.21 Å². The molecule has 5 aromatic rings. The van der Waals surface area contributed by atoms with E-state index in [1.54, 1.807) is 11.6 Å². The summed E-state index contributed by atoms with van der Waals surface area (Å²) >= 11 is 0. The molecule has 0 radical (unpaired) electrons. The van der Waals surface area contributed by atoms with E-state index in [-0.39, 0.29) is 0 Å². The maximum atomic E-state index is 11.2. The zero-order valence-corrected chi connectivity index (χ0v) is 20.0. The number of nitrogens with zero attached hydrogens (tertiary/aromatic N) is 4. The molecule has 0 atom stereocenters. The number of hydrogen-bond acceptors (Lipinski definition) is 4. The molecule has 0 saturated carbocycles. The van der Waals surface area contributed by atoms with Crippen LogP contribution in [0.2, 0.25) is 0 Å². The third kappa shape index (κ3) is 5.53. The Morgan fingerprint density at radius 1 is 0.861 bits per heavy atom. The van der Waals surface area contributed by atoms with Crippen LogP contribution in [0.25, 0.3) is 28.1 Å². The van der Waals surface area contributed by atoms with E-state index in [2.05, 4.69) is 67.9 Å². The van der Waals surface area contributed by atoms with Gasteiger partial charge in [0.2, 0.25) is 0 Å². The number of hydroxylamine groups is 1. The average Bonchev–Trinajstić information content (AvgIpc) is 3.53. The SMILES string of the molecule is O=C(/C=C/c1ccc(CC(CCn2ccc3cccnc32)CCn2ccc3cccnc32)cc1)NO. The number of aryl methyl sites for hydroxylation is 2. The molecular weight excluding hydrogens is 450 g/mol. The third-order valence-electron chi connectivity index (χ3n) is 6.64. The fourth-order valence-electron chi connectivity index (χ4n) is 4.70. The summed E-state index contributed by atoms with van der Waals surface area (Å²) in [4.78, 5) is 20.4. The molecule has 0 bridgehead atoms. The van der Waals surface area contributed by atoms with Gasteiger partial charge in [-0.2, -0.15) is 0 Å². The number of rotatable bonds is 10. The molecule has 36 heavy (non-hydrogen) atoms. The molecule has 0 spiro atoms. The summed E-state index contributed by atoms with van der Waals surface area (Å²) in [5, 5.41) is 11.0. The van der Waals surface area contributed by atoms with Crippen LogP contribution in [0.4, 0.5) is 0 Å². The van der Waals surface area contributed by atoms with Crippen molar-refractivity contribution in [2.75, 3.05) is 0 Å². The Hall–Kier alpha value is -4.23. The van der Waals surface area contributed by atoms with E-state index in [9.17, 15) is 4.79 Å². The van der Waals surface area contributed by atoms with Crippen LogP contribution in [0.1, 0.15) is 24.0 Å². The minimum atomic E-state index is -0.543. The second-order valence-corrected chi connectivity index (χ2v) is 9.05. The summed E-state index contributed by atoms with van der Waals surface area (Å²) in [6, 6.07) is 20.6. The Kier molecular flexibility index (Phi) is 7.19. The van der Waals surface area contributed by atoms with Gasteiger partial charge in [-0.25, -0.2) is 15.4 Å². The van der Waals surface area contributed by atoms with Crippen LogP contribution in [0.5, 0.6) is 0 Å². The standard InChI is InChI=1S/C29H29N5O2/c35-27(32-36)10-9-22-5-7-23(8-6-22)21-24(11-17-33-19-13-25-3-1-15-30-28(25)33)12-18-34-20-14-26-4-2-16-31-29(26)34/h1-10,13-16,19-20,24,36H,11-12,17-18,21H2,(H,32,35)/b10-9+. The van der Waals surface area contributed by atoms with Crippen molar-refractivity contribution in [3.8, 4) is 0 Å². The van der Waals surface area contributed by atoms with Crippen LogP contribution in [-0.2, 0) is 24.3 Å². The van der Waals surface area contributed by atoms with Crippen LogP contribution in [0.15, 0.2) is 91.5 Å². The zero-order valence-electron chi connectivity index (χ0n) is 20.0. The van der Waals surface area contributed by atoms with Crippen molar-refractivity contribution in [3.63, 3.8) is 0 Å². The highest BCUT2D eigenvalue weighted by atomic mass is 16.5. The highest BCUT2D eigenvalue weighted by Crippen LogP contribution is 2.22. The molecule has 4 heterocycles. The van der Waals surface area contributed by atoms with E-state index >= 15 is 0 Å². The van der Waals surface area contributed by atoms with Crippen LogP contribution < -0.4 is 5.48 Å². The summed E-state index contributed by atoms with van der Waals surface area (Å²) in [7, 11) is 0. The minimum Gasteiger partial charge on any atom is -0.333 e. The van der Waals surface area contributed by atoms with Gasteiger partial charge in [0.1, 0.15) is 11.3 Å². The molecule has 7 heteroatoms. The minimum absolute atomic E-state index is 0.467. The number of carbonyl (C=O) groups excluding carboxylic acids is 1. The summed E-state index contributed by atoms with van der Waals surface area (Å²) in [5.41, 5.74) is 5.83. The van der Waals surface area contributed by atoms with E-state index in [0.717, 1.165) is 60.0 Å². The summed E-state index contributed by atoms with van der Waals surface area (Å²) in [5.74, 6) is -0.0768. The lowest BCUT2D eigenvalue weighted by Gasteiger charge is -2.19. The topological polar surface area (TPSA) is 85.0 Å². The second-order valence-electron chi connectivity index (χ2n) is 9.05. The Bertz CT molecular complexity index is 1400. The monoisotopic (exact) mass is 479 g/mol. The van der Waals surface area contributed by atoms with Gasteiger partial charge in [-0.1, -0.05) is 24.3 Å². The number of amides is 1. The molecule has 0 aliphatic heterocycles. The number of aromatic nitrogens is 4. The Morgan fingerprint density at radius 3 is 2.00 bits per heavy atom. The summed E-state index contributed by atoms with van der Waals surface area (Å²) < 4.78 is 4.49.